The fourth-order valence-electron chi connectivity index (χ4n) is 2.19. The third kappa shape index (κ3) is 3.58. The second-order valence-electron chi connectivity index (χ2n) is 4.59. The molecule has 3 nitrogen and oxygen atoms in total. The predicted molar refractivity (Wildman–Crippen MR) is 66.3 cm³/mol. The van der Waals surface area contributed by atoms with Crippen molar-refractivity contribution in [1.82, 2.24) is 15.6 Å². The van der Waals surface area contributed by atoms with E-state index in [2.05, 4.69) is 27.8 Å². The molecule has 1 aliphatic heterocycles. The summed E-state index contributed by atoms with van der Waals surface area (Å²) in [7, 11) is 0. The fraction of sp³-hybridized carbons (Fsp3) is 0.615. The summed E-state index contributed by atoms with van der Waals surface area (Å²) in [6, 6.07) is 6.20. The van der Waals surface area contributed by atoms with Crippen LogP contribution in [0.25, 0.3) is 0 Å². The Hall–Kier alpha value is -0.930. The van der Waals surface area contributed by atoms with Crippen LogP contribution in [0, 0.1) is 12.8 Å². The van der Waals surface area contributed by atoms with Crippen molar-refractivity contribution in [1.29, 1.82) is 0 Å². The molecule has 16 heavy (non-hydrogen) atoms. The Bertz CT molecular complexity index is 319. The lowest BCUT2D eigenvalue weighted by atomic mass is 9.98. The third-order valence-electron chi connectivity index (χ3n) is 3.14. The first-order chi connectivity index (χ1) is 7.84. The van der Waals surface area contributed by atoms with Gasteiger partial charge in [0.25, 0.3) is 0 Å². The standard InChI is InChI=1S/C13H21N3/c1-11-3-2-4-13(16-11)10-15-9-12-5-7-14-8-6-12/h2-4,12,14-15H,5-10H2,1H3. The molecule has 0 atom stereocenters. The second kappa shape index (κ2) is 5.97. The molecule has 1 aromatic rings. The zero-order valence-electron chi connectivity index (χ0n) is 10.00. The van der Waals surface area contributed by atoms with Crippen LogP contribution in [0.15, 0.2) is 18.2 Å². The summed E-state index contributed by atoms with van der Waals surface area (Å²) in [4.78, 5) is 4.48. The molecule has 0 aromatic carbocycles. The van der Waals surface area contributed by atoms with Gasteiger partial charge < -0.3 is 10.6 Å². The van der Waals surface area contributed by atoms with Crippen LogP contribution < -0.4 is 10.6 Å². The SMILES string of the molecule is Cc1cccc(CNCC2CCNCC2)n1. The van der Waals surface area contributed by atoms with Crippen LogP contribution in [0.2, 0.25) is 0 Å². The molecule has 3 heteroatoms. The lowest BCUT2D eigenvalue weighted by molar-refractivity contribution is 0.356. The largest absolute Gasteiger partial charge is 0.317 e. The highest BCUT2D eigenvalue weighted by atomic mass is 14.9. The van der Waals surface area contributed by atoms with Crippen LogP contribution in [-0.2, 0) is 6.54 Å². The Balaban J connectivity index is 1.71. The zero-order chi connectivity index (χ0) is 11.2. The minimum Gasteiger partial charge on any atom is -0.317 e. The third-order valence-corrected chi connectivity index (χ3v) is 3.14. The van der Waals surface area contributed by atoms with Crippen LogP contribution in [0.4, 0.5) is 0 Å². The topological polar surface area (TPSA) is 37.0 Å². The van der Waals surface area contributed by atoms with Gasteiger partial charge in [-0.05, 0) is 57.5 Å². The van der Waals surface area contributed by atoms with E-state index in [1.54, 1.807) is 0 Å². The van der Waals surface area contributed by atoms with Gasteiger partial charge in [-0.3, -0.25) is 4.98 Å². The van der Waals surface area contributed by atoms with Crippen molar-refractivity contribution in [3.05, 3.63) is 29.6 Å². The zero-order valence-corrected chi connectivity index (χ0v) is 10.00. The molecule has 1 fully saturated rings. The van der Waals surface area contributed by atoms with Crippen LogP contribution in [0.3, 0.4) is 0 Å². The summed E-state index contributed by atoms with van der Waals surface area (Å²) in [6.07, 6.45) is 2.60. The van der Waals surface area contributed by atoms with Gasteiger partial charge in [0.05, 0.1) is 5.69 Å². The van der Waals surface area contributed by atoms with Crippen molar-refractivity contribution in [3.63, 3.8) is 0 Å². The van der Waals surface area contributed by atoms with Crippen LogP contribution in [0.1, 0.15) is 24.2 Å². The van der Waals surface area contributed by atoms with Gasteiger partial charge in [0.1, 0.15) is 0 Å². The molecule has 1 aliphatic rings. The number of pyridine rings is 1. The maximum atomic E-state index is 4.48. The van der Waals surface area contributed by atoms with Crippen LogP contribution in [-0.4, -0.2) is 24.6 Å². The Morgan fingerprint density at radius 2 is 2.19 bits per heavy atom. The fourth-order valence-corrected chi connectivity index (χ4v) is 2.19. The molecular weight excluding hydrogens is 198 g/mol. The number of piperidine rings is 1. The quantitative estimate of drug-likeness (QED) is 0.805. The van der Waals surface area contributed by atoms with Crippen molar-refractivity contribution in [2.24, 2.45) is 5.92 Å². The molecule has 2 N–H and O–H groups in total. The molecule has 2 rings (SSSR count). The minimum absolute atomic E-state index is 0.839. The molecule has 0 saturated carbocycles. The van der Waals surface area contributed by atoms with Crippen molar-refractivity contribution < 1.29 is 0 Å². The second-order valence-corrected chi connectivity index (χ2v) is 4.59. The molecule has 1 aromatic heterocycles. The molecule has 0 spiro atoms. The number of aromatic nitrogens is 1. The van der Waals surface area contributed by atoms with Crippen LogP contribution >= 0.6 is 0 Å². The number of hydrogen-bond donors (Lipinski definition) is 2. The van der Waals surface area contributed by atoms with Gasteiger partial charge in [0, 0.05) is 12.2 Å². The normalized spacial score (nSPS) is 17.6. The van der Waals surface area contributed by atoms with E-state index in [9.17, 15) is 0 Å². The van der Waals surface area contributed by atoms with Crippen molar-refractivity contribution >= 4 is 0 Å². The van der Waals surface area contributed by atoms with Gasteiger partial charge in [-0.1, -0.05) is 6.07 Å². The molecular formula is C13H21N3. The first-order valence-corrected chi connectivity index (χ1v) is 6.18. The first-order valence-electron chi connectivity index (χ1n) is 6.18. The van der Waals surface area contributed by atoms with Crippen molar-refractivity contribution in [2.75, 3.05) is 19.6 Å². The maximum absolute atomic E-state index is 4.48. The van der Waals surface area contributed by atoms with E-state index < -0.39 is 0 Å². The van der Waals surface area contributed by atoms with Gasteiger partial charge in [-0.2, -0.15) is 0 Å². The van der Waals surface area contributed by atoms with E-state index in [-0.39, 0.29) is 0 Å². The van der Waals surface area contributed by atoms with Gasteiger partial charge in [-0.15, -0.1) is 0 Å². The van der Waals surface area contributed by atoms with E-state index in [1.165, 1.54) is 25.9 Å². The van der Waals surface area contributed by atoms with Gasteiger partial charge in [0.15, 0.2) is 0 Å². The smallest absolute Gasteiger partial charge is 0.0544 e. The lowest BCUT2D eigenvalue weighted by Gasteiger charge is -2.22. The molecule has 0 amide bonds. The molecule has 0 bridgehead atoms. The highest BCUT2D eigenvalue weighted by Gasteiger charge is 2.11. The summed E-state index contributed by atoms with van der Waals surface area (Å²) in [6.45, 7) is 6.41. The predicted octanol–water partition coefficient (Wildman–Crippen LogP) is 1.48. The maximum Gasteiger partial charge on any atom is 0.0544 e. The number of rotatable bonds is 4. The van der Waals surface area contributed by atoms with Crippen molar-refractivity contribution in [3.8, 4) is 0 Å². The number of nitrogens with one attached hydrogen (secondary N) is 2. The highest BCUT2D eigenvalue weighted by molar-refractivity contribution is 5.09. The molecule has 0 radical (unpaired) electrons. The van der Waals surface area contributed by atoms with E-state index in [0.717, 1.165) is 30.4 Å². The highest BCUT2D eigenvalue weighted by Crippen LogP contribution is 2.10. The summed E-state index contributed by atoms with van der Waals surface area (Å²) in [5.74, 6) is 0.839. The van der Waals surface area contributed by atoms with Gasteiger partial charge >= 0.3 is 0 Å². The van der Waals surface area contributed by atoms with Crippen LogP contribution in [0.5, 0.6) is 0 Å². The molecule has 0 unspecified atom stereocenters. The summed E-state index contributed by atoms with van der Waals surface area (Å²) in [5, 5.41) is 6.90. The number of aryl methyl sites for hydroxylation is 1. The molecule has 88 valence electrons. The van der Waals surface area contributed by atoms with E-state index in [1.807, 2.05) is 13.0 Å². The number of nitrogens with zero attached hydrogens (tertiary/aromatic N) is 1. The van der Waals surface area contributed by atoms with E-state index in [4.69, 9.17) is 0 Å². The Labute approximate surface area is 97.7 Å². The average Bonchev–Trinajstić information content (AvgIpc) is 2.30. The summed E-state index contributed by atoms with van der Waals surface area (Å²) in [5.41, 5.74) is 2.25. The Morgan fingerprint density at radius 1 is 1.38 bits per heavy atom. The molecule has 2 heterocycles. The monoisotopic (exact) mass is 219 g/mol. The molecule has 0 aliphatic carbocycles. The average molecular weight is 219 g/mol. The molecule has 1 saturated heterocycles. The Kier molecular flexibility index (Phi) is 4.31. The summed E-state index contributed by atoms with van der Waals surface area (Å²) >= 11 is 0. The summed E-state index contributed by atoms with van der Waals surface area (Å²) < 4.78 is 0. The number of hydrogen-bond acceptors (Lipinski definition) is 3. The van der Waals surface area contributed by atoms with E-state index >= 15 is 0 Å². The Morgan fingerprint density at radius 3 is 2.94 bits per heavy atom. The lowest BCUT2D eigenvalue weighted by Crippen LogP contribution is -2.33. The van der Waals surface area contributed by atoms with Gasteiger partial charge in [0.2, 0.25) is 0 Å². The minimum atomic E-state index is 0.839. The van der Waals surface area contributed by atoms with E-state index in [0.29, 0.717) is 0 Å². The van der Waals surface area contributed by atoms with Gasteiger partial charge in [-0.25, -0.2) is 0 Å². The van der Waals surface area contributed by atoms with Crippen molar-refractivity contribution in [2.45, 2.75) is 26.3 Å². The first kappa shape index (κ1) is 11.6.